The van der Waals surface area contributed by atoms with Crippen LogP contribution in [0.1, 0.15) is 67.7 Å². The molecule has 0 aromatic carbocycles. The van der Waals surface area contributed by atoms with Gasteiger partial charge < -0.3 is 5.32 Å². The Labute approximate surface area is 167 Å². The number of rotatable bonds is 6. The van der Waals surface area contributed by atoms with Crippen LogP contribution in [0.25, 0.3) is 5.95 Å². The van der Waals surface area contributed by atoms with Crippen molar-refractivity contribution in [2.75, 3.05) is 5.32 Å². The first-order valence-electron chi connectivity index (χ1n) is 9.81. The van der Waals surface area contributed by atoms with Crippen LogP contribution in [0.15, 0.2) is 30.9 Å². The van der Waals surface area contributed by atoms with E-state index in [1.807, 2.05) is 6.92 Å². The predicted molar refractivity (Wildman–Crippen MR) is 104 cm³/mol. The molecule has 2 saturated carbocycles. The van der Waals surface area contributed by atoms with Crippen LogP contribution < -0.4 is 10.6 Å². The molecule has 0 spiro atoms. The maximum atomic E-state index is 12.6. The van der Waals surface area contributed by atoms with Gasteiger partial charge in [0.25, 0.3) is 5.95 Å². The molecule has 10 heteroatoms. The van der Waals surface area contributed by atoms with Gasteiger partial charge >= 0.3 is 6.03 Å². The minimum absolute atomic E-state index is 0.355. The number of amides is 2. The molecule has 2 amide bonds. The molecule has 0 aliphatic heterocycles. The Morgan fingerprint density at radius 2 is 1.72 bits per heavy atom. The number of carbonyl (C=O) groups excluding carboxylic acids is 1. The molecule has 148 valence electrons. The minimum atomic E-state index is -0.421. The fraction of sp³-hybridized carbons (Fsp3) is 0.421. The van der Waals surface area contributed by atoms with Gasteiger partial charge in [0.05, 0.1) is 6.04 Å². The third-order valence-electron chi connectivity index (χ3n) is 5.03. The van der Waals surface area contributed by atoms with Crippen LogP contribution >= 0.6 is 0 Å². The van der Waals surface area contributed by atoms with Crippen LogP contribution in [0.5, 0.6) is 0 Å². The van der Waals surface area contributed by atoms with E-state index < -0.39 is 12.1 Å². The second-order valence-electron chi connectivity index (χ2n) is 7.49. The van der Waals surface area contributed by atoms with Crippen molar-refractivity contribution in [2.24, 2.45) is 0 Å². The summed E-state index contributed by atoms with van der Waals surface area (Å²) >= 11 is 0. The lowest BCUT2D eigenvalue weighted by Crippen LogP contribution is -2.33. The van der Waals surface area contributed by atoms with Crippen LogP contribution in [-0.2, 0) is 0 Å². The van der Waals surface area contributed by atoms with E-state index in [0.717, 1.165) is 37.1 Å². The topological polar surface area (TPSA) is 123 Å². The zero-order chi connectivity index (χ0) is 19.8. The highest BCUT2D eigenvalue weighted by atomic mass is 16.2. The maximum absolute atomic E-state index is 12.6. The molecule has 5 rings (SSSR count). The molecule has 0 unspecified atom stereocenters. The number of urea groups is 1. The number of hydrogen-bond acceptors (Lipinski definition) is 7. The number of carbonyl (C=O) groups is 1. The van der Waals surface area contributed by atoms with E-state index in [0.29, 0.717) is 29.6 Å². The largest absolute Gasteiger partial charge is 0.328 e. The maximum Gasteiger partial charge on any atom is 0.322 e. The van der Waals surface area contributed by atoms with E-state index in [1.165, 1.54) is 11.0 Å². The Morgan fingerprint density at radius 3 is 2.34 bits per heavy atom. The molecule has 0 radical (unpaired) electrons. The van der Waals surface area contributed by atoms with Crippen molar-refractivity contribution < 1.29 is 4.79 Å². The van der Waals surface area contributed by atoms with E-state index in [9.17, 15) is 4.79 Å². The van der Waals surface area contributed by atoms with Gasteiger partial charge in [0.1, 0.15) is 6.33 Å². The molecule has 1 atom stereocenters. The fourth-order valence-corrected chi connectivity index (χ4v) is 3.22. The molecule has 29 heavy (non-hydrogen) atoms. The Morgan fingerprint density at radius 1 is 1.07 bits per heavy atom. The average Bonchev–Trinajstić information content (AvgIpc) is 3.65. The van der Waals surface area contributed by atoms with E-state index >= 15 is 0 Å². The molecule has 3 aromatic rings. The molecule has 3 heterocycles. The van der Waals surface area contributed by atoms with Gasteiger partial charge in [-0.2, -0.15) is 9.78 Å². The summed E-state index contributed by atoms with van der Waals surface area (Å²) in [4.78, 5) is 34.3. The second-order valence-corrected chi connectivity index (χ2v) is 7.49. The van der Waals surface area contributed by atoms with Crippen LogP contribution in [0, 0.1) is 0 Å². The van der Waals surface area contributed by atoms with Crippen molar-refractivity contribution in [2.45, 2.75) is 50.5 Å². The summed E-state index contributed by atoms with van der Waals surface area (Å²) in [5.41, 5.74) is 2.07. The lowest BCUT2D eigenvalue weighted by Gasteiger charge is -2.14. The molecule has 2 N–H and O–H groups in total. The van der Waals surface area contributed by atoms with Crippen LogP contribution in [0.3, 0.4) is 0 Å². The highest BCUT2D eigenvalue weighted by Crippen LogP contribution is 2.43. The summed E-state index contributed by atoms with van der Waals surface area (Å²) < 4.78 is 1.50. The molecule has 10 nitrogen and oxygen atoms in total. The Hall–Kier alpha value is -3.43. The molecule has 0 bridgehead atoms. The van der Waals surface area contributed by atoms with E-state index in [2.05, 4.69) is 46.7 Å². The van der Waals surface area contributed by atoms with Crippen molar-refractivity contribution in [3.05, 3.63) is 48.1 Å². The summed E-state index contributed by atoms with van der Waals surface area (Å²) in [5, 5.41) is 9.80. The molecule has 2 fully saturated rings. The van der Waals surface area contributed by atoms with Crippen molar-refractivity contribution in [1.29, 1.82) is 0 Å². The third kappa shape index (κ3) is 3.91. The van der Waals surface area contributed by atoms with Gasteiger partial charge in [0.15, 0.2) is 5.82 Å². The Kier molecular flexibility index (Phi) is 4.38. The number of nitrogens with one attached hydrogen (secondary N) is 2. The van der Waals surface area contributed by atoms with Gasteiger partial charge in [0, 0.05) is 35.6 Å². The molecular formula is C19H21N9O. The number of aromatic nitrogens is 7. The molecular weight excluding hydrogens is 370 g/mol. The third-order valence-corrected chi connectivity index (χ3v) is 5.03. The first-order chi connectivity index (χ1) is 14.2. The quantitative estimate of drug-likeness (QED) is 0.661. The summed E-state index contributed by atoms with van der Waals surface area (Å²) in [6.07, 6.45) is 9.27. The monoisotopic (exact) mass is 391 g/mol. The highest BCUT2D eigenvalue weighted by Gasteiger charge is 2.31. The van der Waals surface area contributed by atoms with Crippen LogP contribution in [0.4, 0.5) is 10.7 Å². The number of anilines is 1. The first kappa shape index (κ1) is 17.7. The Bertz CT molecular complexity index is 997. The Balaban J connectivity index is 1.30. The molecule has 0 saturated heterocycles. The van der Waals surface area contributed by atoms with Gasteiger partial charge in [0.2, 0.25) is 5.95 Å². The normalized spacial score (nSPS) is 17.0. The van der Waals surface area contributed by atoms with Gasteiger partial charge in [-0.1, -0.05) is 0 Å². The average molecular weight is 391 g/mol. The SMILES string of the molecule is C[C@H](NC(=O)Nc1nc(C2CC2)cc(C2CC2)n1)c1ncnn1-c1ncccn1. The summed E-state index contributed by atoms with van der Waals surface area (Å²) in [5.74, 6) is 2.28. The minimum Gasteiger partial charge on any atom is -0.328 e. The lowest BCUT2D eigenvalue weighted by atomic mass is 10.2. The van der Waals surface area contributed by atoms with Crippen LogP contribution in [0.2, 0.25) is 0 Å². The molecule has 2 aliphatic rings. The summed E-state index contributed by atoms with van der Waals surface area (Å²) in [6.45, 7) is 1.82. The van der Waals surface area contributed by atoms with Crippen molar-refractivity contribution in [3.8, 4) is 5.95 Å². The second kappa shape index (κ2) is 7.19. The van der Waals surface area contributed by atoms with Crippen molar-refractivity contribution >= 4 is 12.0 Å². The lowest BCUT2D eigenvalue weighted by molar-refractivity contribution is 0.248. The van der Waals surface area contributed by atoms with E-state index in [1.54, 1.807) is 18.5 Å². The van der Waals surface area contributed by atoms with Gasteiger partial charge in [-0.3, -0.25) is 5.32 Å². The molecule has 2 aliphatic carbocycles. The fourth-order valence-electron chi connectivity index (χ4n) is 3.22. The first-order valence-corrected chi connectivity index (χ1v) is 9.81. The van der Waals surface area contributed by atoms with E-state index in [4.69, 9.17) is 0 Å². The zero-order valence-electron chi connectivity index (χ0n) is 16.0. The zero-order valence-corrected chi connectivity index (χ0v) is 16.0. The van der Waals surface area contributed by atoms with Crippen molar-refractivity contribution in [1.82, 2.24) is 40.0 Å². The highest BCUT2D eigenvalue weighted by molar-refractivity contribution is 5.87. The van der Waals surface area contributed by atoms with Gasteiger partial charge in [-0.25, -0.2) is 29.7 Å². The van der Waals surface area contributed by atoms with E-state index in [-0.39, 0.29) is 0 Å². The summed E-state index contributed by atoms with van der Waals surface area (Å²) in [7, 11) is 0. The van der Waals surface area contributed by atoms with Crippen molar-refractivity contribution in [3.63, 3.8) is 0 Å². The molecule has 3 aromatic heterocycles. The smallest absolute Gasteiger partial charge is 0.322 e. The number of hydrogen-bond donors (Lipinski definition) is 2. The van der Waals surface area contributed by atoms with Gasteiger partial charge in [-0.05, 0) is 44.7 Å². The predicted octanol–water partition coefficient (Wildman–Crippen LogP) is 2.48. The van der Waals surface area contributed by atoms with Crippen LogP contribution in [-0.4, -0.2) is 40.7 Å². The number of nitrogens with zero attached hydrogens (tertiary/aromatic N) is 7. The standard InChI is InChI=1S/C19H21N9O/c1-11(16-22-10-23-28(16)18-20-7-2-8-21-18)24-19(29)27-17-25-14(12-3-4-12)9-15(26-17)13-5-6-13/h2,7-13H,3-6H2,1H3,(H2,24,25,26,27,29)/t11-/m0/s1. The van der Waals surface area contributed by atoms with Gasteiger partial charge in [-0.15, -0.1) is 0 Å². The summed E-state index contributed by atoms with van der Waals surface area (Å²) in [6, 6.07) is 3.01.